The molecule has 0 aliphatic carbocycles. The van der Waals surface area contributed by atoms with Crippen molar-refractivity contribution in [2.24, 2.45) is 0 Å². The first-order valence-corrected chi connectivity index (χ1v) is 6.40. The zero-order valence-electron chi connectivity index (χ0n) is 11.2. The van der Waals surface area contributed by atoms with E-state index in [1.807, 2.05) is 56.4 Å². The number of benzene rings is 2. The lowest BCUT2D eigenvalue weighted by molar-refractivity contribution is 0.251. The van der Waals surface area contributed by atoms with Gasteiger partial charge in [0, 0.05) is 18.0 Å². The number of nitrogens with one attached hydrogen (secondary N) is 3. The predicted molar refractivity (Wildman–Crippen MR) is 79.5 cm³/mol. The van der Waals surface area contributed by atoms with Crippen LogP contribution in [-0.2, 0) is 0 Å². The van der Waals surface area contributed by atoms with Crippen LogP contribution in [0.4, 0.5) is 10.5 Å². The van der Waals surface area contributed by atoms with Crippen LogP contribution in [-0.4, -0.2) is 25.7 Å². The molecule has 0 saturated heterocycles. The Hall–Kier alpha value is -2.07. The highest BCUT2D eigenvalue weighted by atomic mass is 16.2. The molecule has 4 nitrogen and oxygen atoms in total. The molecule has 0 heterocycles. The summed E-state index contributed by atoms with van der Waals surface area (Å²) >= 11 is 0. The summed E-state index contributed by atoms with van der Waals surface area (Å²) in [4.78, 5) is 11.8. The molecule has 0 saturated carbocycles. The predicted octanol–water partition coefficient (Wildman–Crippen LogP) is 2.57. The van der Waals surface area contributed by atoms with E-state index in [0.717, 1.165) is 16.5 Å². The third-order valence-corrected chi connectivity index (χ3v) is 3.10. The van der Waals surface area contributed by atoms with Crippen molar-refractivity contribution in [3.05, 3.63) is 42.5 Å². The average molecular weight is 257 g/mol. The standard InChI is InChI=1S/C15H19N3O/c1-11(16-2)10-17-15(19)18-14-9-5-7-12-6-3-4-8-13(12)14/h3-9,11,16H,10H2,1-2H3,(H2,17,18,19). The zero-order valence-corrected chi connectivity index (χ0v) is 11.2. The summed E-state index contributed by atoms with van der Waals surface area (Å²) in [7, 11) is 1.87. The van der Waals surface area contributed by atoms with Gasteiger partial charge < -0.3 is 16.0 Å². The van der Waals surface area contributed by atoms with Gasteiger partial charge in [0.15, 0.2) is 0 Å². The van der Waals surface area contributed by atoms with Crippen molar-refractivity contribution in [1.29, 1.82) is 0 Å². The van der Waals surface area contributed by atoms with Crippen LogP contribution in [0.25, 0.3) is 10.8 Å². The van der Waals surface area contributed by atoms with E-state index in [1.165, 1.54) is 0 Å². The minimum absolute atomic E-state index is 0.182. The second-order valence-electron chi connectivity index (χ2n) is 4.55. The third kappa shape index (κ3) is 3.45. The quantitative estimate of drug-likeness (QED) is 0.788. The SMILES string of the molecule is CNC(C)CNC(=O)Nc1cccc2ccccc12. The van der Waals surface area contributed by atoms with Crippen LogP contribution in [0.15, 0.2) is 42.5 Å². The van der Waals surface area contributed by atoms with Gasteiger partial charge in [-0.05, 0) is 25.4 Å². The van der Waals surface area contributed by atoms with Gasteiger partial charge in [-0.3, -0.25) is 0 Å². The van der Waals surface area contributed by atoms with E-state index in [-0.39, 0.29) is 12.1 Å². The molecule has 2 amide bonds. The van der Waals surface area contributed by atoms with E-state index in [0.29, 0.717) is 6.54 Å². The Labute approximate surface area is 113 Å². The van der Waals surface area contributed by atoms with Gasteiger partial charge in [0.25, 0.3) is 0 Å². The van der Waals surface area contributed by atoms with Gasteiger partial charge in [0.05, 0.1) is 5.69 Å². The number of carbonyl (C=O) groups is 1. The maximum Gasteiger partial charge on any atom is 0.319 e. The number of urea groups is 1. The number of amides is 2. The number of rotatable bonds is 4. The first-order valence-electron chi connectivity index (χ1n) is 6.40. The van der Waals surface area contributed by atoms with Crippen molar-refractivity contribution in [2.45, 2.75) is 13.0 Å². The lowest BCUT2D eigenvalue weighted by Gasteiger charge is -2.13. The molecule has 1 atom stereocenters. The van der Waals surface area contributed by atoms with Crippen LogP contribution in [0.2, 0.25) is 0 Å². The van der Waals surface area contributed by atoms with E-state index in [2.05, 4.69) is 16.0 Å². The molecular weight excluding hydrogens is 238 g/mol. The molecule has 2 rings (SSSR count). The highest BCUT2D eigenvalue weighted by molar-refractivity contribution is 6.01. The Morgan fingerprint density at radius 1 is 1.16 bits per heavy atom. The first kappa shape index (κ1) is 13.4. The molecule has 0 spiro atoms. The van der Waals surface area contributed by atoms with Gasteiger partial charge >= 0.3 is 6.03 Å². The van der Waals surface area contributed by atoms with Crippen LogP contribution >= 0.6 is 0 Å². The normalized spacial score (nSPS) is 12.1. The van der Waals surface area contributed by atoms with E-state index in [4.69, 9.17) is 0 Å². The molecule has 0 aromatic heterocycles. The van der Waals surface area contributed by atoms with Gasteiger partial charge in [0.1, 0.15) is 0 Å². The van der Waals surface area contributed by atoms with Crippen molar-refractivity contribution in [3.63, 3.8) is 0 Å². The van der Waals surface area contributed by atoms with Gasteiger partial charge in [-0.1, -0.05) is 36.4 Å². The summed E-state index contributed by atoms with van der Waals surface area (Å²) in [6.07, 6.45) is 0. The van der Waals surface area contributed by atoms with Crippen LogP contribution in [0.5, 0.6) is 0 Å². The minimum atomic E-state index is -0.182. The molecule has 0 fully saturated rings. The molecule has 0 aliphatic rings. The van der Waals surface area contributed by atoms with Crippen LogP contribution in [0.3, 0.4) is 0 Å². The second kappa shape index (κ2) is 6.20. The largest absolute Gasteiger partial charge is 0.336 e. The molecule has 100 valence electrons. The van der Waals surface area contributed by atoms with E-state index < -0.39 is 0 Å². The Kier molecular flexibility index (Phi) is 4.36. The highest BCUT2D eigenvalue weighted by Gasteiger charge is 2.06. The van der Waals surface area contributed by atoms with Gasteiger partial charge in [-0.25, -0.2) is 4.79 Å². The fraction of sp³-hybridized carbons (Fsp3) is 0.267. The Morgan fingerprint density at radius 2 is 1.89 bits per heavy atom. The van der Waals surface area contributed by atoms with Crippen LogP contribution in [0.1, 0.15) is 6.92 Å². The molecule has 4 heteroatoms. The number of hydrogen-bond acceptors (Lipinski definition) is 2. The number of hydrogen-bond donors (Lipinski definition) is 3. The molecule has 1 unspecified atom stereocenters. The van der Waals surface area contributed by atoms with Crippen LogP contribution < -0.4 is 16.0 Å². The van der Waals surface area contributed by atoms with Crippen molar-refractivity contribution in [2.75, 3.05) is 18.9 Å². The lowest BCUT2D eigenvalue weighted by atomic mass is 10.1. The third-order valence-electron chi connectivity index (χ3n) is 3.10. The number of fused-ring (bicyclic) bond motifs is 1. The summed E-state index contributed by atoms with van der Waals surface area (Å²) < 4.78 is 0. The summed E-state index contributed by atoms with van der Waals surface area (Å²) in [5.74, 6) is 0. The second-order valence-corrected chi connectivity index (χ2v) is 4.55. The maximum absolute atomic E-state index is 11.8. The fourth-order valence-electron chi connectivity index (χ4n) is 1.85. The van der Waals surface area contributed by atoms with E-state index in [9.17, 15) is 4.79 Å². The highest BCUT2D eigenvalue weighted by Crippen LogP contribution is 2.22. The fourth-order valence-corrected chi connectivity index (χ4v) is 1.85. The van der Waals surface area contributed by atoms with Gasteiger partial charge in [-0.2, -0.15) is 0 Å². The first-order chi connectivity index (χ1) is 9.20. The van der Waals surface area contributed by atoms with E-state index >= 15 is 0 Å². The average Bonchev–Trinajstić information content (AvgIpc) is 2.45. The molecular formula is C15H19N3O. The smallest absolute Gasteiger partial charge is 0.319 e. The molecule has 0 aliphatic heterocycles. The topological polar surface area (TPSA) is 53.2 Å². The van der Waals surface area contributed by atoms with Gasteiger partial charge in [-0.15, -0.1) is 0 Å². The lowest BCUT2D eigenvalue weighted by Crippen LogP contribution is -2.39. The molecule has 3 N–H and O–H groups in total. The van der Waals surface area contributed by atoms with E-state index in [1.54, 1.807) is 0 Å². The summed E-state index contributed by atoms with van der Waals surface area (Å²) in [5, 5.41) is 10.9. The number of anilines is 1. The Balaban J connectivity index is 2.07. The van der Waals surface area contributed by atoms with Gasteiger partial charge in [0.2, 0.25) is 0 Å². The van der Waals surface area contributed by atoms with Crippen molar-refractivity contribution < 1.29 is 4.79 Å². The maximum atomic E-state index is 11.8. The molecule has 2 aromatic rings. The van der Waals surface area contributed by atoms with Crippen molar-refractivity contribution >= 4 is 22.5 Å². The number of carbonyl (C=O) groups excluding carboxylic acids is 1. The van der Waals surface area contributed by atoms with Crippen LogP contribution in [0, 0.1) is 0 Å². The summed E-state index contributed by atoms with van der Waals surface area (Å²) in [6, 6.07) is 13.9. The minimum Gasteiger partial charge on any atom is -0.336 e. The monoisotopic (exact) mass is 257 g/mol. The van der Waals surface area contributed by atoms with Crippen molar-refractivity contribution in [3.8, 4) is 0 Å². The Morgan fingerprint density at radius 3 is 2.68 bits per heavy atom. The Bertz CT molecular complexity index is 563. The summed E-state index contributed by atoms with van der Waals surface area (Å²) in [6.45, 7) is 2.60. The molecule has 0 bridgehead atoms. The van der Waals surface area contributed by atoms with Crippen molar-refractivity contribution in [1.82, 2.24) is 10.6 Å². The molecule has 2 aromatic carbocycles. The summed E-state index contributed by atoms with van der Waals surface area (Å²) in [5.41, 5.74) is 0.827. The number of likely N-dealkylation sites (N-methyl/N-ethyl adjacent to an activating group) is 1. The zero-order chi connectivity index (χ0) is 13.7. The molecule has 19 heavy (non-hydrogen) atoms. The molecule has 0 radical (unpaired) electrons.